The summed E-state index contributed by atoms with van der Waals surface area (Å²) in [5, 5.41) is 4.08. The van der Waals surface area contributed by atoms with Crippen molar-refractivity contribution >= 4 is 12.2 Å². The van der Waals surface area contributed by atoms with Gasteiger partial charge in [-0.25, -0.2) is 10.4 Å². The van der Waals surface area contributed by atoms with Crippen molar-refractivity contribution in [3.05, 3.63) is 51.4 Å². The van der Waals surface area contributed by atoms with Crippen LogP contribution in [-0.2, 0) is 0 Å². The number of unbranched alkanes of at least 4 members (excludes halogenated alkanes) is 1. The summed E-state index contributed by atoms with van der Waals surface area (Å²) in [4.78, 5) is 18.5. The van der Waals surface area contributed by atoms with Crippen LogP contribution in [0.3, 0.4) is 0 Å². The van der Waals surface area contributed by atoms with E-state index in [1.165, 1.54) is 0 Å². The molecule has 0 saturated carbocycles. The van der Waals surface area contributed by atoms with Crippen molar-refractivity contribution in [3.63, 3.8) is 0 Å². The molecule has 0 fully saturated rings. The lowest BCUT2D eigenvalue weighted by Crippen LogP contribution is -2.15. The summed E-state index contributed by atoms with van der Waals surface area (Å²) < 4.78 is 5.60. The molecule has 0 aliphatic heterocycles. The van der Waals surface area contributed by atoms with E-state index in [2.05, 4.69) is 27.4 Å². The molecule has 122 valence electrons. The van der Waals surface area contributed by atoms with Gasteiger partial charge in [0.05, 0.1) is 12.8 Å². The Hall–Kier alpha value is -2.63. The van der Waals surface area contributed by atoms with Crippen molar-refractivity contribution in [1.29, 1.82) is 0 Å². The molecule has 0 radical (unpaired) electrons. The summed E-state index contributed by atoms with van der Waals surface area (Å²) in [5.41, 5.74) is 4.78. The number of nitrogens with one attached hydrogen (secondary N) is 2. The smallest absolute Gasteiger partial charge is 0.255 e. The zero-order valence-corrected chi connectivity index (χ0v) is 13.7. The van der Waals surface area contributed by atoms with Gasteiger partial charge in [0.2, 0.25) is 5.95 Å². The van der Waals surface area contributed by atoms with Gasteiger partial charge in [0, 0.05) is 11.3 Å². The van der Waals surface area contributed by atoms with Crippen LogP contribution in [0.1, 0.15) is 36.6 Å². The van der Waals surface area contributed by atoms with Crippen LogP contribution < -0.4 is 15.7 Å². The Morgan fingerprint density at radius 2 is 2.04 bits per heavy atom. The highest BCUT2D eigenvalue weighted by Crippen LogP contribution is 2.11. The molecule has 0 bridgehead atoms. The fourth-order valence-electron chi connectivity index (χ4n) is 1.85. The van der Waals surface area contributed by atoms with E-state index in [1.54, 1.807) is 20.1 Å². The van der Waals surface area contributed by atoms with Crippen molar-refractivity contribution in [2.75, 3.05) is 12.0 Å². The first-order chi connectivity index (χ1) is 11.1. The quantitative estimate of drug-likeness (QED) is 0.468. The van der Waals surface area contributed by atoms with Crippen LogP contribution in [0.2, 0.25) is 0 Å². The molecule has 6 nitrogen and oxygen atoms in total. The maximum absolute atomic E-state index is 11.6. The Balaban J connectivity index is 1.94. The number of anilines is 1. The number of benzene rings is 1. The SMILES string of the molecule is CCCCOc1ccc(/C=N\Nc2nc(C)c(C)c(=O)[nH]2)cc1. The number of hydrazone groups is 1. The number of aromatic amines is 1. The lowest BCUT2D eigenvalue weighted by Gasteiger charge is -2.05. The molecule has 2 rings (SSSR count). The van der Waals surface area contributed by atoms with Gasteiger partial charge in [0.25, 0.3) is 5.56 Å². The molecular weight excluding hydrogens is 292 g/mol. The van der Waals surface area contributed by atoms with Crippen molar-refractivity contribution in [2.24, 2.45) is 5.10 Å². The van der Waals surface area contributed by atoms with Crippen molar-refractivity contribution in [3.8, 4) is 5.75 Å². The fourth-order valence-corrected chi connectivity index (χ4v) is 1.85. The van der Waals surface area contributed by atoms with E-state index < -0.39 is 0 Å². The van der Waals surface area contributed by atoms with E-state index in [-0.39, 0.29) is 5.56 Å². The van der Waals surface area contributed by atoms with Crippen LogP contribution in [0, 0.1) is 13.8 Å². The molecule has 0 aliphatic carbocycles. The molecule has 23 heavy (non-hydrogen) atoms. The first-order valence-corrected chi connectivity index (χ1v) is 7.69. The van der Waals surface area contributed by atoms with Gasteiger partial charge in [0.15, 0.2) is 0 Å². The molecule has 1 heterocycles. The van der Waals surface area contributed by atoms with Crippen LogP contribution in [0.5, 0.6) is 5.75 Å². The minimum absolute atomic E-state index is 0.163. The van der Waals surface area contributed by atoms with Crippen LogP contribution in [0.4, 0.5) is 5.95 Å². The molecule has 2 aromatic rings. The highest BCUT2D eigenvalue weighted by atomic mass is 16.5. The highest BCUT2D eigenvalue weighted by Gasteiger charge is 2.02. The standard InChI is InChI=1S/C17H22N4O2/c1-4-5-10-23-15-8-6-14(7-9-15)11-18-21-17-19-13(3)12(2)16(22)20-17/h6-9,11H,4-5,10H2,1-3H3,(H2,19,20,21,22)/b18-11-. The van der Waals surface area contributed by atoms with E-state index in [4.69, 9.17) is 4.74 Å². The van der Waals surface area contributed by atoms with Crippen molar-refractivity contribution in [1.82, 2.24) is 9.97 Å². The fraction of sp³-hybridized carbons (Fsp3) is 0.353. The zero-order chi connectivity index (χ0) is 16.7. The summed E-state index contributed by atoms with van der Waals surface area (Å²) in [6.07, 6.45) is 3.82. The molecule has 0 spiro atoms. The van der Waals surface area contributed by atoms with E-state index in [0.717, 1.165) is 30.8 Å². The van der Waals surface area contributed by atoms with E-state index in [0.29, 0.717) is 17.2 Å². The maximum atomic E-state index is 11.6. The van der Waals surface area contributed by atoms with E-state index >= 15 is 0 Å². The molecule has 6 heteroatoms. The lowest BCUT2D eigenvalue weighted by molar-refractivity contribution is 0.309. The highest BCUT2D eigenvalue weighted by molar-refractivity contribution is 5.80. The first-order valence-electron chi connectivity index (χ1n) is 7.69. The number of nitrogens with zero attached hydrogens (tertiary/aromatic N) is 2. The topological polar surface area (TPSA) is 79.4 Å². The van der Waals surface area contributed by atoms with Crippen LogP contribution >= 0.6 is 0 Å². The molecule has 1 aromatic carbocycles. The lowest BCUT2D eigenvalue weighted by atomic mass is 10.2. The van der Waals surface area contributed by atoms with Gasteiger partial charge in [0.1, 0.15) is 5.75 Å². The summed E-state index contributed by atoms with van der Waals surface area (Å²) >= 11 is 0. The predicted octanol–water partition coefficient (Wildman–Crippen LogP) is 3.01. The monoisotopic (exact) mass is 314 g/mol. The second-order valence-corrected chi connectivity index (χ2v) is 5.27. The Kier molecular flexibility index (Phi) is 5.91. The number of aryl methyl sites for hydroxylation is 1. The number of aromatic nitrogens is 2. The Morgan fingerprint density at radius 3 is 2.70 bits per heavy atom. The van der Waals surface area contributed by atoms with Crippen molar-refractivity contribution in [2.45, 2.75) is 33.6 Å². The molecule has 0 atom stereocenters. The zero-order valence-electron chi connectivity index (χ0n) is 13.7. The van der Waals surface area contributed by atoms with Gasteiger partial charge >= 0.3 is 0 Å². The number of ether oxygens (including phenoxy) is 1. The van der Waals surface area contributed by atoms with E-state index in [1.807, 2.05) is 24.3 Å². The number of hydrogen-bond donors (Lipinski definition) is 2. The van der Waals surface area contributed by atoms with Crippen LogP contribution in [0.25, 0.3) is 0 Å². The molecule has 2 N–H and O–H groups in total. The average Bonchev–Trinajstić information content (AvgIpc) is 2.54. The second-order valence-electron chi connectivity index (χ2n) is 5.27. The summed E-state index contributed by atoms with van der Waals surface area (Å²) in [6.45, 7) is 6.39. The van der Waals surface area contributed by atoms with Crippen molar-refractivity contribution < 1.29 is 4.74 Å². The Bertz CT molecular complexity index is 720. The van der Waals surface area contributed by atoms with Crippen LogP contribution in [-0.4, -0.2) is 22.8 Å². The van der Waals surface area contributed by atoms with Gasteiger partial charge in [-0.1, -0.05) is 13.3 Å². The molecule has 0 aliphatic rings. The average molecular weight is 314 g/mol. The Morgan fingerprint density at radius 1 is 1.30 bits per heavy atom. The van der Waals surface area contributed by atoms with Gasteiger partial charge < -0.3 is 4.74 Å². The molecule has 1 aromatic heterocycles. The maximum Gasteiger partial charge on any atom is 0.255 e. The molecular formula is C17H22N4O2. The predicted molar refractivity (Wildman–Crippen MR) is 92.4 cm³/mol. The third-order valence-corrected chi connectivity index (χ3v) is 3.43. The van der Waals surface area contributed by atoms with Gasteiger partial charge in [-0.2, -0.15) is 5.10 Å². The third kappa shape index (κ3) is 4.95. The van der Waals surface area contributed by atoms with Gasteiger partial charge in [-0.3, -0.25) is 9.78 Å². The van der Waals surface area contributed by atoms with Gasteiger partial charge in [-0.15, -0.1) is 0 Å². The minimum atomic E-state index is -0.163. The molecule has 0 unspecified atom stereocenters. The normalized spacial score (nSPS) is 10.9. The summed E-state index contributed by atoms with van der Waals surface area (Å²) in [6, 6.07) is 7.66. The second kappa shape index (κ2) is 8.12. The Labute approximate surface area is 135 Å². The first kappa shape index (κ1) is 16.7. The summed E-state index contributed by atoms with van der Waals surface area (Å²) in [5.74, 6) is 1.18. The number of H-pyrrole nitrogens is 1. The van der Waals surface area contributed by atoms with E-state index in [9.17, 15) is 4.79 Å². The largest absolute Gasteiger partial charge is 0.494 e. The number of rotatable bonds is 7. The third-order valence-electron chi connectivity index (χ3n) is 3.43. The summed E-state index contributed by atoms with van der Waals surface area (Å²) in [7, 11) is 0. The molecule has 0 amide bonds. The number of hydrogen-bond acceptors (Lipinski definition) is 5. The van der Waals surface area contributed by atoms with Crippen LogP contribution in [0.15, 0.2) is 34.2 Å². The van der Waals surface area contributed by atoms with Gasteiger partial charge in [-0.05, 0) is 50.1 Å². The molecule has 0 saturated heterocycles. The minimum Gasteiger partial charge on any atom is -0.494 e.